The SMILES string of the molecule is C=CCC(C(=O)OCC)C(N)C(=O)OC(C)(C)C. The van der Waals surface area contributed by atoms with E-state index in [0.29, 0.717) is 0 Å². The summed E-state index contributed by atoms with van der Waals surface area (Å²) in [5.74, 6) is -1.87. The van der Waals surface area contributed by atoms with Crippen molar-refractivity contribution in [3.63, 3.8) is 0 Å². The average Bonchev–Trinajstić information content (AvgIpc) is 2.22. The van der Waals surface area contributed by atoms with E-state index in [-0.39, 0.29) is 13.0 Å². The molecule has 104 valence electrons. The van der Waals surface area contributed by atoms with Gasteiger partial charge in [0.15, 0.2) is 0 Å². The van der Waals surface area contributed by atoms with E-state index in [1.165, 1.54) is 6.08 Å². The first kappa shape index (κ1) is 16.6. The van der Waals surface area contributed by atoms with Gasteiger partial charge in [-0.05, 0) is 34.1 Å². The van der Waals surface area contributed by atoms with Crippen molar-refractivity contribution in [3.8, 4) is 0 Å². The molecule has 0 saturated carbocycles. The first-order valence-electron chi connectivity index (χ1n) is 5.99. The van der Waals surface area contributed by atoms with Crippen molar-refractivity contribution in [2.45, 2.75) is 45.8 Å². The minimum atomic E-state index is -1.04. The van der Waals surface area contributed by atoms with Gasteiger partial charge in [-0.2, -0.15) is 0 Å². The van der Waals surface area contributed by atoms with Crippen LogP contribution in [0.1, 0.15) is 34.1 Å². The molecule has 0 saturated heterocycles. The fourth-order valence-electron chi connectivity index (χ4n) is 1.35. The van der Waals surface area contributed by atoms with E-state index in [2.05, 4.69) is 6.58 Å². The van der Waals surface area contributed by atoms with Crippen LogP contribution in [0.4, 0.5) is 0 Å². The molecule has 5 heteroatoms. The van der Waals surface area contributed by atoms with Gasteiger partial charge in [-0.3, -0.25) is 9.59 Å². The minimum Gasteiger partial charge on any atom is -0.466 e. The molecule has 0 aliphatic rings. The number of hydrogen-bond donors (Lipinski definition) is 1. The Balaban J connectivity index is 4.74. The van der Waals surface area contributed by atoms with Crippen LogP contribution >= 0.6 is 0 Å². The number of hydrogen-bond acceptors (Lipinski definition) is 5. The Morgan fingerprint density at radius 3 is 2.28 bits per heavy atom. The van der Waals surface area contributed by atoms with Crippen molar-refractivity contribution in [1.29, 1.82) is 0 Å². The van der Waals surface area contributed by atoms with Gasteiger partial charge in [0, 0.05) is 0 Å². The van der Waals surface area contributed by atoms with Crippen LogP contribution in [0.25, 0.3) is 0 Å². The lowest BCUT2D eigenvalue weighted by Crippen LogP contribution is -2.45. The summed E-state index contributed by atoms with van der Waals surface area (Å²) in [5, 5.41) is 0. The van der Waals surface area contributed by atoms with E-state index in [4.69, 9.17) is 15.2 Å². The molecule has 0 aliphatic heterocycles. The zero-order valence-corrected chi connectivity index (χ0v) is 11.6. The third kappa shape index (κ3) is 5.82. The van der Waals surface area contributed by atoms with Crippen LogP contribution in [-0.2, 0) is 19.1 Å². The summed E-state index contributed by atoms with van der Waals surface area (Å²) >= 11 is 0. The molecule has 2 atom stereocenters. The topological polar surface area (TPSA) is 78.6 Å². The third-order valence-electron chi connectivity index (χ3n) is 2.12. The highest BCUT2D eigenvalue weighted by Crippen LogP contribution is 2.15. The molecular weight excluding hydrogens is 234 g/mol. The molecule has 5 nitrogen and oxygen atoms in total. The molecule has 0 rings (SSSR count). The Morgan fingerprint density at radius 1 is 1.33 bits per heavy atom. The van der Waals surface area contributed by atoms with E-state index in [1.807, 2.05) is 0 Å². The van der Waals surface area contributed by atoms with Crippen molar-refractivity contribution in [1.82, 2.24) is 0 Å². The van der Waals surface area contributed by atoms with Crippen molar-refractivity contribution in [2.24, 2.45) is 11.7 Å². The van der Waals surface area contributed by atoms with E-state index in [1.54, 1.807) is 27.7 Å². The third-order valence-corrected chi connectivity index (χ3v) is 2.12. The molecule has 0 aromatic carbocycles. The predicted molar refractivity (Wildman–Crippen MR) is 68.8 cm³/mol. The van der Waals surface area contributed by atoms with Crippen LogP contribution in [0.15, 0.2) is 12.7 Å². The molecule has 0 radical (unpaired) electrons. The number of carbonyl (C=O) groups is 2. The average molecular weight is 257 g/mol. The molecule has 0 aliphatic carbocycles. The molecule has 2 unspecified atom stereocenters. The molecule has 0 heterocycles. The van der Waals surface area contributed by atoms with Gasteiger partial charge in [-0.25, -0.2) is 0 Å². The molecule has 0 fully saturated rings. The second-order valence-electron chi connectivity index (χ2n) is 4.94. The van der Waals surface area contributed by atoms with Gasteiger partial charge in [0.2, 0.25) is 0 Å². The lowest BCUT2D eigenvalue weighted by molar-refractivity contribution is -0.163. The second-order valence-corrected chi connectivity index (χ2v) is 4.94. The highest BCUT2D eigenvalue weighted by Gasteiger charge is 2.33. The first-order chi connectivity index (χ1) is 8.22. The summed E-state index contributed by atoms with van der Waals surface area (Å²) in [4.78, 5) is 23.5. The Hall–Kier alpha value is -1.36. The zero-order valence-electron chi connectivity index (χ0n) is 11.6. The first-order valence-corrected chi connectivity index (χ1v) is 5.99. The molecule has 2 N–H and O–H groups in total. The monoisotopic (exact) mass is 257 g/mol. The highest BCUT2D eigenvalue weighted by molar-refractivity contribution is 5.84. The maximum Gasteiger partial charge on any atom is 0.324 e. The van der Waals surface area contributed by atoms with Crippen molar-refractivity contribution < 1.29 is 19.1 Å². The predicted octanol–water partition coefficient (Wildman–Crippen LogP) is 1.41. The van der Waals surface area contributed by atoms with Crippen LogP contribution in [0.5, 0.6) is 0 Å². The minimum absolute atomic E-state index is 0.244. The lowest BCUT2D eigenvalue weighted by Gasteiger charge is -2.25. The summed E-state index contributed by atoms with van der Waals surface area (Å²) in [6.45, 7) is 10.7. The van der Waals surface area contributed by atoms with Gasteiger partial charge in [0.25, 0.3) is 0 Å². The van der Waals surface area contributed by atoms with E-state index in [9.17, 15) is 9.59 Å². The summed E-state index contributed by atoms with van der Waals surface area (Å²) in [6, 6.07) is -1.04. The molecule has 0 spiro atoms. The zero-order chi connectivity index (χ0) is 14.3. The van der Waals surface area contributed by atoms with Crippen molar-refractivity contribution >= 4 is 11.9 Å². The summed E-state index contributed by atoms with van der Waals surface area (Å²) in [7, 11) is 0. The standard InChI is InChI=1S/C13H23NO4/c1-6-8-9(11(15)17-7-2)10(14)12(16)18-13(3,4)5/h6,9-10H,1,7-8,14H2,2-5H3. The number of esters is 2. The fourth-order valence-corrected chi connectivity index (χ4v) is 1.35. The van der Waals surface area contributed by atoms with Gasteiger partial charge in [-0.15, -0.1) is 6.58 Å². The van der Waals surface area contributed by atoms with E-state index in [0.717, 1.165) is 0 Å². The van der Waals surface area contributed by atoms with E-state index < -0.39 is 29.5 Å². The van der Waals surface area contributed by atoms with Crippen LogP contribution in [-0.4, -0.2) is 30.2 Å². The Kier molecular flexibility index (Phi) is 6.62. The van der Waals surface area contributed by atoms with Crippen LogP contribution in [0.3, 0.4) is 0 Å². The summed E-state index contributed by atoms with van der Waals surface area (Å²) in [6.07, 6.45) is 1.81. The quantitative estimate of drug-likeness (QED) is 0.575. The lowest BCUT2D eigenvalue weighted by atomic mass is 9.96. The van der Waals surface area contributed by atoms with Crippen LogP contribution < -0.4 is 5.73 Å². The van der Waals surface area contributed by atoms with Crippen molar-refractivity contribution in [3.05, 3.63) is 12.7 Å². The van der Waals surface area contributed by atoms with Gasteiger partial charge in [0.05, 0.1) is 12.5 Å². The highest BCUT2D eigenvalue weighted by atomic mass is 16.6. The van der Waals surface area contributed by atoms with Gasteiger partial charge < -0.3 is 15.2 Å². The van der Waals surface area contributed by atoms with Crippen molar-refractivity contribution in [2.75, 3.05) is 6.61 Å². The maximum absolute atomic E-state index is 11.8. The summed E-state index contributed by atoms with van der Waals surface area (Å²) < 4.78 is 10.0. The number of rotatable bonds is 6. The summed E-state index contributed by atoms with van der Waals surface area (Å²) in [5.41, 5.74) is 5.13. The second kappa shape index (κ2) is 7.16. The Bertz CT molecular complexity index is 307. The molecule has 0 amide bonds. The molecule has 18 heavy (non-hydrogen) atoms. The number of nitrogens with two attached hydrogens (primary N) is 1. The number of carbonyl (C=O) groups excluding carboxylic acids is 2. The van der Waals surface area contributed by atoms with Gasteiger partial charge in [-0.1, -0.05) is 6.08 Å². The van der Waals surface area contributed by atoms with Crippen LogP contribution in [0.2, 0.25) is 0 Å². The molecule has 0 bridgehead atoms. The van der Waals surface area contributed by atoms with E-state index >= 15 is 0 Å². The van der Waals surface area contributed by atoms with Crippen LogP contribution in [0, 0.1) is 5.92 Å². The number of ether oxygens (including phenoxy) is 2. The maximum atomic E-state index is 11.8. The van der Waals surface area contributed by atoms with Gasteiger partial charge in [0.1, 0.15) is 11.6 Å². The molecule has 0 aromatic heterocycles. The normalized spacial score (nSPS) is 14.5. The van der Waals surface area contributed by atoms with Gasteiger partial charge >= 0.3 is 11.9 Å². The smallest absolute Gasteiger partial charge is 0.324 e. The Morgan fingerprint density at radius 2 is 1.89 bits per heavy atom. The Labute approximate surface area is 108 Å². The molecule has 0 aromatic rings. The fraction of sp³-hybridized carbons (Fsp3) is 0.692. The number of allylic oxidation sites excluding steroid dienone is 1. The largest absolute Gasteiger partial charge is 0.466 e. The molecular formula is C13H23NO4.